The van der Waals surface area contributed by atoms with Crippen LogP contribution < -0.4 is 15.8 Å². The average molecular weight is 304 g/mol. The summed E-state index contributed by atoms with van der Waals surface area (Å²) in [5, 5.41) is 3.59. The SMILES string of the molecule is C#Cc1ccc2nc(Nc3ccc(N(C)C)cc3)[nH]c(=O)c2c1. The van der Waals surface area contributed by atoms with E-state index in [1.807, 2.05) is 43.3 Å². The molecule has 0 spiro atoms. The number of terminal acetylenes is 1. The number of nitrogens with one attached hydrogen (secondary N) is 2. The van der Waals surface area contributed by atoms with Crippen molar-refractivity contribution in [2.45, 2.75) is 0 Å². The highest BCUT2D eigenvalue weighted by Gasteiger charge is 2.05. The third-order valence-corrected chi connectivity index (χ3v) is 3.52. The van der Waals surface area contributed by atoms with Crippen molar-refractivity contribution in [1.82, 2.24) is 9.97 Å². The first-order valence-electron chi connectivity index (χ1n) is 7.12. The molecule has 2 aromatic carbocycles. The van der Waals surface area contributed by atoms with Crippen LogP contribution in [0.4, 0.5) is 17.3 Å². The maximum Gasteiger partial charge on any atom is 0.260 e. The molecule has 0 unspecified atom stereocenters. The van der Waals surface area contributed by atoms with E-state index < -0.39 is 0 Å². The summed E-state index contributed by atoms with van der Waals surface area (Å²) < 4.78 is 0. The normalized spacial score (nSPS) is 10.3. The Hall–Kier alpha value is -3.26. The fraction of sp³-hybridized carbons (Fsp3) is 0.111. The van der Waals surface area contributed by atoms with E-state index in [0.29, 0.717) is 22.4 Å². The fourth-order valence-electron chi connectivity index (χ4n) is 2.27. The molecule has 0 bridgehead atoms. The summed E-state index contributed by atoms with van der Waals surface area (Å²) >= 11 is 0. The number of aromatic amines is 1. The van der Waals surface area contributed by atoms with E-state index in [0.717, 1.165) is 11.4 Å². The number of benzene rings is 2. The molecule has 0 amide bonds. The van der Waals surface area contributed by atoms with Crippen molar-refractivity contribution in [3.63, 3.8) is 0 Å². The van der Waals surface area contributed by atoms with Crippen LogP contribution >= 0.6 is 0 Å². The third-order valence-electron chi connectivity index (χ3n) is 3.52. The monoisotopic (exact) mass is 304 g/mol. The molecular formula is C18H16N4O. The minimum atomic E-state index is -0.223. The maximum absolute atomic E-state index is 12.2. The van der Waals surface area contributed by atoms with Gasteiger partial charge in [0.1, 0.15) is 0 Å². The highest BCUT2D eigenvalue weighted by Crippen LogP contribution is 2.19. The summed E-state index contributed by atoms with van der Waals surface area (Å²) in [5.74, 6) is 2.91. The van der Waals surface area contributed by atoms with Crippen LogP contribution in [0.15, 0.2) is 47.3 Å². The number of aromatic nitrogens is 2. The van der Waals surface area contributed by atoms with Gasteiger partial charge in [-0.05, 0) is 42.5 Å². The van der Waals surface area contributed by atoms with Gasteiger partial charge in [0.2, 0.25) is 5.95 Å². The lowest BCUT2D eigenvalue weighted by molar-refractivity contribution is 1.13. The van der Waals surface area contributed by atoms with Gasteiger partial charge in [0.15, 0.2) is 0 Å². The predicted octanol–water partition coefficient (Wildman–Crippen LogP) is 2.71. The largest absolute Gasteiger partial charge is 0.378 e. The Kier molecular flexibility index (Phi) is 3.73. The second-order valence-electron chi connectivity index (χ2n) is 5.36. The molecule has 0 radical (unpaired) electrons. The minimum absolute atomic E-state index is 0.223. The van der Waals surface area contributed by atoms with Crippen LogP contribution in [0.2, 0.25) is 0 Å². The molecule has 23 heavy (non-hydrogen) atoms. The van der Waals surface area contributed by atoms with Crippen LogP contribution in [0.1, 0.15) is 5.56 Å². The molecule has 5 nitrogen and oxygen atoms in total. The molecule has 2 N–H and O–H groups in total. The molecule has 0 fully saturated rings. The zero-order chi connectivity index (χ0) is 16.4. The molecular weight excluding hydrogens is 288 g/mol. The van der Waals surface area contributed by atoms with Crippen LogP contribution in [-0.4, -0.2) is 24.1 Å². The summed E-state index contributed by atoms with van der Waals surface area (Å²) in [6, 6.07) is 13.0. The van der Waals surface area contributed by atoms with Gasteiger partial charge in [0, 0.05) is 31.0 Å². The number of hydrogen-bond acceptors (Lipinski definition) is 4. The van der Waals surface area contributed by atoms with Gasteiger partial charge in [-0.2, -0.15) is 0 Å². The summed E-state index contributed by atoms with van der Waals surface area (Å²) in [4.78, 5) is 21.4. The van der Waals surface area contributed by atoms with Crippen LogP contribution in [0.25, 0.3) is 10.9 Å². The highest BCUT2D eigenvalue weighted by atomic mass is 16.1. The van der Waals surface area contributed by atoms with E-state index in [1.54, 1.807) is 18.2 Å². The van der Waals surface area contributed by atoms with Crippen molar-refractivity contribution < 1.29 is 0 Å². The molecule has 5 heteroatoms. The third kappa shape index (κ3) is 3.01. The summed E-state index contributed by atoms with van der Waals surface area (Å²) in [5.41, 5.74) is 2.97. The van der Waals surface area contributed by atoms with Crippen molar-refractivity contribution in [3.8, 4) is 12.3 Å². The van der Waals surface area contributed by atoms with Gasteiger partial charge < -0.3 is 10.2 Å². The summed E-state index contributed by atoms with van der Waals surface area (Å²) in [6.45, 7) is 0. The summed E-state index contributed by atoms with van der Waals surface area (Å²) in [6.07, 6.45) is 5.36. The number of nitrogens with zero attached hydrogens (tertiary/aromatic N) is 2. The molecule has 3 aromatic rings. The molecule has 0 saturated carbocycles. The van der Waals surface area contributed by atoms with Crippen molar-refractivity contribution >= 4 is 28.2 Å². The molecule has 0 aliphatic heterocycles. The molecule has 114 valence electrons. The molecule has 0 saturated heterocycles. The van der Waals surface area contributed by atoms with Crippen LogP contribution in [0.5, 0.6) is 0 Å². The standard InChI is InChI=1S/C18H16N4O/c1-4-12-5-10-16-15(11-12)17(23)21-18(20-16)19-13-6-8-14(9-7-13)22(2)3/h1,5-11H,2-3H3,(H2,19,20,21,23). The zero-order valence-corrected chi connectivity index (χ0v) is 12.9. The molecule has 0 aliphatic carbocycles. The van der Waals surface area contributed by atoms with Gasteiger partial charge in [-0.1, -0.05) is 5.92 Å². The Morgan fingerprint density at radius 1 is 1.17 bits per heavy atom. The first kappa shape index (κ1) is 14.7. The fourth-order valence-corrected chi connectivity index (χ4v) is 2.27. The van der Waals surface area contributed by atoms with Crippen molar-refractivity contribution in [1.29, 1.82) is 0 Å². The number of rotatable bonds is 3. The molecule has 3 rings (SSSR count). The smallest absolute Gasteiger partial charge is 0.260 e. The topological polar surface area (TPSA) is 61.0 Å². The van der Waals surface area contributed by atoms with Crippen LogP contribution in [-0.2, 0) is 0 Å². The van der Waals surface area contributed by atoms with E-state index in [9.17, 15) is 4.79 Å². The quantitative estimate of drug-likeness (QED) is 0.730. The number of anilines is 3. The zero-order valence-electron chi connectivity index (χ0n) is 12.9. The lowest BCUT2D eigenvalue weighted by Gasteiger charge is -2.13. The number of hydrogen-bond donors (Lipinski definition) is 2. The number of H-pyrrole nitrogens is 1. The predicted molar refractivity (Wildman–Crippen MR) is 94.4 cm³/mol. The van der Waals surface area contributed by atoms with E-state index in [1.165, 1.54) is 0 Å². The van der Waals surface area contributed by atoms with Gasteiger partial charge in [0.05, 0.1) is 10.9 Å². The van der Waals surface area contributed by atoms with Crippen LogP contribution in [0, 0.1) is 12.3 Å². The number of fused-ring (bicyclic) bond motifs is 1. The Bertz CT molecular complexity index is 949. The molecule has 1 aromatic heterocycles. The van der Waals surface area contributed by atoms with E-state index >= 15 is 0 Å². The molecule has 0 aliphatic rings. The Morgan fingerprint density at radius 2 is 1.91 bits per heavy atom. The van der Waals surface area contributed by atoms with Gasteiger partial charge in [-0.15, -0.1) is 6.42 Å². The van der Waals surface area contributed by atoms with E-state index in [4.69, 9.17) is 6.42 Å². The van der Waals surface area contributed by atoms with Gasteiger partial charge >= 0.3 is 0 Å². The highest BCUT2D eigenvalue weighted by molar-refractivity contribution is 5.80. The molecule has 1 heterocycles. The molecule has 0 atom stereocenters. The van der Waals surface area contributed by atoms with Crippen molar-refractivity contribution in [3.05, 3.63) is 58.4 Å². The van der Waals surface area contributed by atoms with E-state index in [2.05, 4.69) is 21.2 Å². The Labute approximate surface area is 134 Å². The van der Waals surface area contributed by atoms with Crippen molar-refractivity contribution in [2.75, 3.05) is 24.3 Å². The summed E-state index contributed by atoms with van der Waals surface area (Å²) in [7, 11) is 3.96. The van der Waals surface area contributed by atoms with E-state index in [-0.39, 0.29) is 5.56 Å². The van der Waals surface area contributed by atoms with Gasteiger partial charge in [-0.3, -0.25) is 9.78 Å². The Balaban J connectivity index is 1.94. The van der Waals surface area contributed by atoms with Gasteiger partial charge in [0.25, 0.3) is 5.56 Å². The maximum atomic E-state index is 12.2. The van der Waals surface area contributed by atoms with Crippen molar-refractivity contribution in [2.24, 2.45) is 0 Å². The van der Waals surface area contributed by atoms with Crippen LogP contribution in [0.3, 0.4) is 0 Å². The lowest BCUT2D eigenvalue weighted by Crippen LogP contribution is -2.11. The minimum Gasteiger partial charge on any atom is -0.378 e. The second kappa shape index (κ2) is 5.85. The lowest BCUT2D eigenvalue weighted by atomic mass is 10.1. The second-order valence-corrected chi connectivity index (χ2v) is 5.36. The first-order valence-corrected chi connectivity index (χ1v) is 7.12. The Morgan fingerprint density at radius 3 is 2.57 bits per heavy atom. The first-order chi connectivity index (χ1) is 11.1. The van der Waals surface area contributed by atoms with Gasteiger partial charge in [-0.25, -0.2) is 4.98 Å². The average Bonchev–Trinajstić information content (AvgIpc) is 2.55.